The fraction of sp³-hybridized carbons (Fsp3) is 0.889. The summed E-state index contributed by atoms with van der Waals surface area (Å²) in [6.07, 6.45) is 4.14. The van der Waals surface area contributed by atoms with Gasteiger partial charge in [0.1, 0.15) is 5.54 Å². The van der Waals surface area contributed by atoms with Crippen molar-refractivity contribution in [3.8, 4) is 0 Å². The molecule has 0 saturated carbocycles. The van der Waals surface area contributed by atoms with Crippen LogP contribution < -0.4 is 11.1 Å². The Balaban J connectivity index is 2.24. The summed E-state index contributed by atoms with van der Waals surface area (Å²) in [6, 6.07) is 0. The van der Waals surface area contributed by atoms with Crippen LogP contribution in [-0.4, -0.2) is 30.7 Å². The van der Waals surface area contributed by atoms with Crippen molar-refractivity contribution >= 4 is 5.91 Å². The van der Waals surface area contributed by atoms with E-state index >= 15 is 0 Å². The molecule has 3 atom stereocenters. The lowest BCUT2D eigenvalue weighted by Crippen LogP contribution is -2.63. The third-order valence-corrected chi connectivity index (χ3v) is 3.40. The highest BCUT2D eigenvalue weighted by atomic mass is 16.5. The van der Waals surface area contributed by atoms with Crippen LogP contribution in [0.3, 0.4) is 0 Å². The van der Waals surface area contributed by atoms with Gasteiger partial charge in [-0.15, -0.1) is 0 Å². The SMILES string of the molecule is CNC1(C(N)=O)CCC2CCC1O2. The Morgan fingerprint density at radius 1 is 1.54 bits per heavy atom. The van der Waals surface area contributed by atoms with Crippen LogP contribution >= 0.6 is 0 Å². The van der Waals surface area contributed by atoms with Gasteiger partial charge in [-0.25, -0.2) is 0 Å². The van der Waals surface area contributed by atoms with E-state index in [0.29, 0.717) is 6.10 Å². The second-order valence-electron chi connectivity index (χ2n) is 3.95. The largest absolute Gasteiger partial charge is 0.373 e. The van der Waals surface area contributed by atoms with Crippen molar-refractivity contribution in [1.82, 2.24) is 5.32 Å². The van der Waals surface area contributed by atoms with E-state index in [9.17, 15) is 4.79 Å². The standard InChI is InChI=1S/C9H16N2O2/c1-11-9(8(10)12)5-4-6-2-3-7(9)13-6/h6-7,11H,2-5H2,1H3,(H2,10,12). The van der Waals surface area contributed by atoms with Crippen LogP contribution in [0.1, 0.15) is 25.7 Å². The van der Waals surface area contributed by atoms with Gasteiger partial charge in [-0.1, -0.05) is 0 Å². The fourth-order valence-corrected chi connectivity index (χ4v) is 2.52. The van der Waals surface area contributed by atoms with Gasteiger partial charge in [-0.05, 0) is 32.7 Å². The molecule has 2 aliphatic heterocycles. The van der Waals surface area contributed by atoms with Gasteiger partial charge < -0.3 is 15.8 Å². The highest BCUT2D eigenvalue weighted by molar-refractivity contribution is 5.85. The van der Waals surface area contributed by atoms with Crippen molar-refractivity contribution in [2.24, 2.45) is 5.73 Å². The number of hydrogen-bond acceptors (Lipinski definition) is 3. The van der Waals surface area contributed by atoms with E-state index in [-0.39, 0.29) is 12.0 Å². The van der Waals surface area contributed by atoms with Gasteiger partial charge in [0.05, 0.1) is 12.2 Å². The highest BCUT2D eigenvalue weighted by Crippen LogP contribution is 2.38. The van der Waals surface area contributed by atoms with E-state index in [1.807, 2.05) is 0 Å². The smallest absolute Gasteiger partial charge is 0.240 e. The van der Waals surface area contributed by atoms with Crippen LogP contribution in [0.15, 0.2) is 0 Å². The lowest BCUT2D eigenvalue weighted by Gasteiger charge is -2.39. The third kappa shape index (κ3) is 1.16. The molecule has 13 heavy (non-hydrogen) atoms. The summed E-state index contributed by atoms with van der Waals surface area (Å²) in [5.41, 5.74) is 4.81. The number of hydrogen-bond donors (Lipinski definition) is 2. The number of amides is 1. The number of nitrogens with one attached hydrogen (secondary N) is 1. The number of likely N-dealkylation sites (N-methyl/N-ethyl adjacent to an activating group) is 1. The van der Waals surface area contributed by atoms with Crippen molar-refractivity contribution in [1.29, 1.82) is 0 Å². The molecule has 2 bridgehead atoms. The lowest BCUT2D eigenvalue weighted by atomic mass is 9.85. The molecule has 4 nitrogen and oxygen atoms in total. The maximum atomic E-state index is 11.4. The summed E-state index contributed by atoms with van der Waals surface area (Å²) in [5, 5.41) is 3.04. The molecule has 4 heteroatoms. The Kier molecular flexibility index (Phi) is 2.04. The average Bonchev–Trinajstić information content (AvgIpc) is 2.50. The Labute approximate surface area is 77.8 Å². The summed E-state index contributed by atoms with van der Waals surface area (Å²) < 4.78 is 5.70. The molecule has 3 N–H and O–H groups in total. The molecule has 2 fully saturated rings. The predicted octanol–water partition coefficient (Wildman–Crippen LogP) is -0.229. The average molecular weight is 184 g/mol. The maximum Gasteiger partial charge on any atom is 0.240 e. The van der Waals surface area contributed by atoms with Crippen LogP contribution in [0.2, 0.25) is 0 Å². The number of rotatable bonds is 2. The highest BCUT2D eigenvalue weighted by Gasteiger charge is 2.51. The first-order valence-corrected chi connectivity index (χ1v) is 4.83. The minimum atomic E-state index is -0.604. The van der Waals surface area contributed by atoms with E-state index in [1.54, 1.807) is 7.05 Å². The molecule has 0 aromatic heterocycles. The van der Waals surface area contributed by atoms with Crippen molar-refractivity contribution in [2.45, 2.75) is 43.4 Å². The Bertz CT molecular complexity index is 232. The van der Waals surface area contributed by atoms with Crippen molar-refractivity contribution in [2.75, 3.05) is 7.05 Å². The number of nitrogens with two attached hydrogens (primary N) is 1. The zero-order valence-corrected chi connectivity index (χ0v) is 7.88. The van der Waals surface area contributed by atoms with Gasteiger partial charge >= 0.3 is 0 Å². The number of carbonyl (C=O) groups excluding carboxylic acids is 1. The summed E-state index contributed by atoms with van der Waals surface area (Å²) in [7, 11) is 1.78. The van der Waals surface area contributed by atoms with Gasteiger partial charge in [-0.3, -0.25) is 4.79 Å². The Hall–Kier alpha value is -0.610. The molecular weight excluding hydrogens is 168 g/mol. The van der Waals surface area contributed by atoms with Gasteiger partial charge in [-0.2, -0.15) is 0 Å². The molecule has 0 aliphatic carbocycles. The zero-order valence-electron chi connectivity index (χ0n) is 7.88. The minimum Gasteiger partial charge on any atom is -0.373 e. The molecule has 2 heterocycles. The van der Waals surface area contributed by atoms with E-state index in [1.165, 1.54) is 0 Å². The summed E-state index contributed by atoms with van der Waals surface area (Å²) >= 11 is 0. The summed E-state index contributed by atoms with van der Waals surface area (Å²) in [5.74, 6) is -0.277. The summed E-state index contributed by atoms with van der Waals surface area (Å²) in [4.78, 5) is 11.4. The second-order valence-corrected chi connectivity index (χ2v) is 3.95. The van der Waals surface area contributed by atoms with Crippen LogP contribution in [0.4, 0.5) is 0 Å². The van der Waals surface area contributed by atoms with Gasteiger partial charge in [0, 0.05) is 0 Å². The molecule has 74 valence electrons. The van der Waals surface area contributed by atoms with Crippen molar-refractivity contribution in [3.05, 3.63) is 0 Å². The number of ether oxygens (including phenoxy) is 1. The first kappa shape index (κ1) is 8.97. The molecule has 0 aromatic carbocycles. The van der Waals surface area contributed by atoms with Crippen LogP contribution in [0, 0.1) is 0 Å². The van der Waals surface area contributed by atoms with E-state index in [2.05, 4.69) is 5.32 Å². The Morgan fingerprint density at radius 2 is 2.31 bits per heavy atom. The van der Waals surface area contributed by atoms with E-state index in [0.717, 1.165) is 25.7 Å². The molecule has 0 spiro atoms. The number of primary amides is 1. The quantitative estimate of drug-likeness (QED) is 0.623. The molecule has 0 radical (unpaired) electrons. The van der Waals surface area contributed by atoms with Gasteiger partial charge in [0.15, 0.2) is 0 Å². The van der Waals surface area contributed by atoms with Crippen LogP contribution in [-0.2, 0) is 9.53 Å². The lowest BCUT2D eigenvalue weighted by molar-refractivity contribution is -0.136. The summed E-state index contributed by atoms with van der Waals surface area (Å²) in [6.45, 7) is 0. The monoisotopic (exact) mass is 184 g/mol. The molecule has 2 aliphatic rings. The first-order chi connectivity index (χ1) is 6.19. The second kappa shape index (κ2) is 2.96. The Morgan fingerprint density at radius 3 is 2.92 bits per heavy atom. The molecular formula is C9H16N2O2. The molecule has 2 rings (SSSR count). The molecule has 2 saturated heterocycles. The van der Waals surface area contributed by atoms with E-state index in [4.69, 9.17) is 10.5 Å². The van der Waals surface area contributed by atoms with Crippen molar-refractivity contribution < 1.29 is 9.53 Å². The minimum absolute atomic E-state index is 0.00579. The molecule has 1 amide bonds. The van der Waals surface area contributed by atoms with Crippen molar-refractivity contribution in [3.63, 3.8) is 0 Å². The molecule has 0 aromatic rings. The van der Waals surface area contributed by atoms with E-state index < -0.39 is 5.54 Å². The maximum absolute atomic E-state index is 11.4. The normalized spacial score (nSPS) is 43.5. The van der Waals surface area contributed by atoms with Crippen LogP contribution in [0.25, 0.3) is 0 Å². The zero-order chi connectivity index (χ0) is 9.47. The van der Waals surface area contributed by atoms with Gasteiger partial charge in [0.2, 0.25) is 5.91 Å². The topological polar surface area (TPSA) is 64.3 Å². The van der Waals surface area contributed by atoms with Crippen LogP contribution in [0.5, 0.6) is 0 Å². The predicted molar refractivity (Wildman–Crippen MR) is 48.1 cm³/mol. The number of fused-ring (bicyclic) bond motifs is 2. The number of carbonyl (C=O) groups is 1. The molecule has 3 unspecified atom stereocenters. The first-order valence-electron chi connectivity index (χ1n) is 4.83. The van der Waals surface area contributed by atoms with Gasteiger partial charge in [0.25, 0.3) is 0 Å². The fourth-order valence-electron chi connectivity index (χ4n) is 2.52. The third-order valence-electron chi connectivity index (χ3n) is 3.40.